The maximum atomic E-state index is 12.8. The molecule has 3 amide bonds. The van der Waals surface area contributed by atoms with Crippen molar-refractivity contribution >= 4 is 36.1 Å². The summed E-state index contributed by atoms with van der Waals surface area (Å²) in [4.78, 5) is 51.1. The van der Waals surface area contributed by atoms with E-state index in [4.69, 9.17) is 0 Å². The van der Waals surface area contributed by atoms with Crippen LogP contribution in [0.4, 0.5) is 0 Å². The van der Waals surface area contributed by atoms with Gasteiger partial charge in [-0.1, -0.05) is 18.2 Å². The average molecular weight is 495 g/mol. The van der Waals surface area contributed by atoms with Crippen LogP contribution in [0.15, 0.2) is 30.3 Å². The topological polar surface area (TPSA) is 128 Å². The number of carbonyl (C=O) groups excluding carboxylic acids is 3. The summed E-state index contributed by atoms with van der Waals surface area (Å²) < 4.78 is 0. The lowest BCUT2D eigenvalue weighted by Gasteiger charge is -2.34. The number of halogens is 1. The van der Waals surface area contributed by atoms with E-state index in [1.165, 1.54) is 0 Å². The van der Waals surface area contributed by atoms with Gasteiger partial charge in [-0.15, -0.1) is 12.4 Å². The average Bonchev–Trinajstić information content (AvgIpc) is 2.83. The maximum Gasteiger partial charge on any atom is 0.305 e. The minimum Gasteiger partial charge on any atom is -0.481 e. The fraction of sp³-hybridized carbons (Fsp3) is 0.583. The van der Waals surface area contributed by atoms with Crippen LogP contribution in [0, 0.1) is 5.92 Å². The van der Waals surface area contributed by atoms with Crippen molar-refractivity contribution in [2.24, 2.45) is 5.92 Å². The van der Waals surface area contributed by atoms with Gasteiger partial charge in [-0.3, -0.25) is 19.2 Å². The Morgan fingerprint density at radius 2 is 1.79 bits per heavy atom. The summed E-state index contributed by atoms with van der Waals surface area (Å²) in [6.07, 6.45) is 4.56. The number of carboxylic acids is 1. The van der Waals surface area contributed by atoms with Crippen LogP contribution in [0.5, 0.6) is 0 Å². The third-order valence-corrected chi connectivity index (χ3v) is 6.38. The normalized spacial score (nSPS) is 19.4. The molecule has 2 saturated heterocycles. The molecule has 1 unspecified atom stereocenters. The Balaban J connectivity index is 0.00000408. The Bertz CT molecular complexity index is 832. The number of aliphatic carboxylic acids is 1. The van der Waals surface area contributed by atoms with Crippen molar-refractivity contribution in [2.45, 2.75) is 57.0 Å². The zero-order chi connectivity index (χ0) is 23.6. The lowest BCUT2D eigenvalue weighted by Crippen LogP contribution is -2.55. The van der Waals surface area contributed by atoms with Gasteiger partial charge in [0.15, 0.2) is 0 Å². The molecule has 9 nitrogen and oxygen atoms in total. The highest BCUT2D eigenvalue weighted by Crippen LogP contribution is 2.20. The molecule has 2 fully saturated rings. The van der Waals surface area contributed by atoms with Crippen molar-refractivity contribution in [2.75, 3.05) is 26.2 Å². The number of carbonyl (C=O) groups is 4. The van der Waals surface area contributed by atoms with Crippen molar-refractivity contribution in [3.8, 4) is 0 Å². The van der Waals surface area contributed by atoms with Gasteiger partial charge in [-0.05, 0) is 63.2 Å². The standard InChI is InChI=1S/C24H34N4O5.ClH/c29-21(9-8-17-10-12-25-13-11-17)28-14-4-7-19(16-28)26-24(33)20(15-22(30)31)27-23(32)18-5-2-1-3-6-18;/h1-3,5-6,17,19-20,25H,4,7-16H2,(H,26,33)(H,27,32)(H,30,31);1H/t19?,20-;/m0./s1. The first-order chi connectivity index (χ1) is 15.9. The van der Waals surface area contributed by atoms with Crippen molar-refractivity contribution in [3.63, 3.8) is 0 Å². The maximum absolute atomic E-state index is 12.8. The first kappa shape index (κ1) is 27.6. The second-order valence-corrected chi connectivity index (χ2v) is 8.91. The molecule has 10 heteroatoms. The fourth-order valence-electron chi connectivity index (χ4n) is 4.49. The van der Waals surface area contributed by atoms with Gasteiger partial charge in [-0.25, -0.2) is 0 Å². The molecular weight excluding hydrogens is 460 g/mol. The summed E-state index contributed by atoms with van der Waals surface area (Å²) in [5.74, 6) is -1.54. The quantitative estimate of drug-likeness (QED) is 0.412. The number of nitrogens with one attached hydrogen (secondary N) is 3. The van der Waals surface area contributed by atoms with Gasteiger partial charge in [0.05, 0.1) is 6.42 Å². The van der Waals surface area contributed by atoms with Gasteiger partial charge in [0.25, 0.3) is 5.91 Å². The molecule has 34 heavy (non-hydrogen) atoms. The molecule has 3 rings (SSSR count). The SMILES string of the molecule is Cl.O=C(O)C[C@H](NC(=O)c1ccccc1)C(=O)NC1CCCN(C(=O)CCC2CCNCC2)C1. The Morgan fingerprint density at radius 1 is 1.09 bits per heavy atom. The van der Waals surface area contributed by atoms with Crippen LogP contribution in [-0.2, 0) is 14.4 Å². The van der Waals surface area contributed by atoms with E-state index in [9.17, 15) is 24.3 Å². The molecule has 0 spiro atoms. The van der Waals surface area contributed by atoms with E-state index in [0.717, 1.165) is 38.8 Å². The van der Waals surface area contributed by atoms with Crippen molar-refractivity contribution in [1.82, 2.24) is 20.9 Å². The minimum atomic E-state index is -1.19. The summed E-state index contributed by atoms with van der Waals surface area (Å²) >= 11 is 0. The highest BCUT2D eigenvalue weighted by Gasteiger charge is 2.29. The number of carboxylic acid groups (broad SMARTS) is 1. The molecule has 0 aromatic heterocycles. The first-order valence-electron chi connectivity index (χ1n) is 11.8. The minimum absolute atomic E-state index is 0. The molecule has 0 radical (unpaired) electrons. The molecule has 2 atom stereocenters. The molecule has 2 aliphatic rings. The monoisotopic (exact) mass is 494 g/mol. The zero-order valence-electron chi connectivity index (χ0n) is 19.3. The molecule has 0 bridgehead atoms. The Kier molecular flexibility index (Phi) is 11.3. The lowest BCUT2D eigenvalue weighted by molar-refractivity contribution is -0.140. The highest BCUT2D eigenvalue weighted by molar-refractivity contribution is 5.98. The molecule has 0 aliphatic carbocycles. The highest BCUT2D eigenvalue weighted by atomic mass is 35.5. The van der Waals surface area contributed by atoms with Crippen molar-refractivity contribution in [1.29, 1.82) is 0 Å². The fourth-order valence-corrected chi connectivity index (χ4v) is 4.49. The third-order valence-electron chi connectivity index (χ3n) is 6.38. The predicted molar refractivity (Wildman–Crippen MR) is 130 cm³/mol. The van der Waals surface area contributed by atoms with Gasteiger partial charge in [0.2, 0.25) is 11.8 Å². The second kappa shape index (κ2) is 13.9. The van der Waals surface area contributed by atoms with Crippen LogP contribution in [-0.4, -0.2) is 72.0 Å². The van der Waals surface area contributed by atoms with Crippen LogP contribution in [0.2, 0.25) is 0 Å². The molecule has 1 aromatic carbocycles. The van der Waals surface area contributed by atoms with Gasteiger partial charge in [0, 0.05) is 31.1 Å². The number of hydrogen-bond donors (Lipinski definition) is 4. The van der Waals surface area contributed by atoms with Crippen LogP contribution < -0.4 is 16.0 Å². The van der Waals surface area contributed by atoms with Crippen LogP contribution in [0.25, 0.3) is 0 Å². The molecular formula is C24H35ClN4O5. The first-order valence-corrected chi connectivity index (χ1v) is 11.8. The van der Waals surface area contributed by atoms with Crippen molar-refractivity contribution in [3.05, 3.63) is 35.9 Å². The van der Waals surface area contributed by atoms with Gasteiger partial charge in [-0.2, -0.15) is 0 Å². The summed E-state index contributed by atoms with van der Waals surface area (Å²) in [7, 11) is 0. The molecule has 1 aromatic rings. The lowest BCUT2D eigenvalue weighted by atomic mass is 9.92. The number of benzene rings is 1. The van der Waals surface area contributed by atoms with Gasteiger partial charge >= 0.3 is 5.97 Å². The van der Waals surface area contributed by atoms with Gasteiger partial charge < -0.3 is 26.0 Å². The molecule has 0 saturated carbocycles. The number of amides is 3. The Hall–Kier alpha value is -2.65. The van der Waals surface area contributed by atoms with Crippen LogP contribution in [0.1, 0.15) is 55.3 Å². The molecule has 2 heterocycles. The second-order valence-electron chi connectivity index (χ2n) is 8.91. The number of likely N-dealkylation sites (tertiary alicyclic amines) is 1. The van der Waals surface area contributed by atoms with Crippen molar-refractivity contribution < 1.29 is 24.3 Å². The molecule has 2 aliphatic heterocycles. The Morgan fingerprint density at radius 3 is 2.47 bits per heavy atom. The van der Waals surface area contributed by atoms with E-state index in [2.05, 4.69) is 16.0 Å². The third kappa shape index (κ3) is 8.61. The summed E-state index contributed by atoms with van der Waals surface area (Å²) in [6.45, 7) is 3.09. The van der Waals surface area contributed by atoms with Crippen LogP contribution >= 0.6 is 12.4 Å². The smallest absolute Gasteiger partial charge is 0.305 e. The summed E-state index contributed by atoms with van der Waals surface area (Å²) in [6, 6.07) is 6.89. The number of rotatable bonds is 9. The predicted octanol–water partition coefficient (Wildman–Crippen LogP) is 1.57. The van der Waals surface area contributed by atoms with E-state index in [0.29, 0.717) is 37.4 Å². The molecule has 4 N–H and O–H groups in total. The van der Waals surface area contributed by atoms with E-state index >= 15 is 0 Å². The van der Waals surface area contributed by atoms with E-state index in [1.807, 2.05) is 0 Å². The van der Waals surface area contributed by atoms with Crippen LogP contribution in [0.3, 0.4) is 0 Å². The van der Waals surface area contributed by atoms with Gasteiger partial charge in [0.1, 0.15) is 6.04 Å². The van der Waals surface area contributed by atoms with E-state index in [1.54, 1.807) is 35.2 Å². The number of hydrogen-bond acceptors (Lipinski definition) is 5. The number of piperidine rings is 2. The van der Waals surface area contributed by atoms with E-state index in [-0.39, 0.29) is 24.4 Å². The molecule has 188 valence electrons. The zero-order valence-corrected chi connectivity index (χ0v) is 20.1. The Labute approximate surface area is 206 Å². The summed E-state index contributed by atoms with van der Waals surface area (Å²) in [5.41, 5.74) is 0.351. The van der Waals surface area contributed by atoms with E-state index < -0.39 is 30.2 Å². The largest absolute Gasteiger partial charge is 0.481 e. The number of nitrogens with zero attached hydrogens (tertiary/aromatic N) is 1. The summed E-state index contributed by atoms with van der Waals surface area (Å²) in [5, 5.41) is 17.9.